The van der Waals surface area contributed by atoms with Gasteiger partial charge in [-0.25, -0.2) is 0 Å². The van der Waals surface area contributed by atoms with Crippen molar-refractivity contribution in [2.75, 3.05) is 0 Å². The van der Waals surface area contributed by atoms with Crippen LogP contribution in [-0.4, -0.2) is 21.9 Å². The van der Waals surface area contributed by atoms with Gasteiger partial charge in [0.25, 0.3) is 0 Å². The van der Waals surface area contributed by atoms with Crippen LogP contribution in [0.25, 0.3) is 0 Å². The third-order valence-corrected chi connectivity index (χ3v) is 0. The molecule has 0 spiro atoms. The van der Waals surface area contributed by atoms with E-state index < -0.39 is 13.5 Å². The molecule has 0 radical (unpaired) electrons. The Morgan fingerprint density at radius 1 is 0.625 bits per heavy atom. The Bertz CT molecular complexity index is 16.0. The second-order valence-corrected chi connectivity index (χ2v) is 10.5. The first kappa shape index (κ1) is 34.4. The van der Waals surface area contributed by atoms with Crippen LogP contribution in [0.2, 0.25) is 0 Å². The van der Waals surface area contributed by atoms with Crippen molar-refractivity contribution in [2.45, 2.75) is 0 Å². The minimum absolute atomic E-state index is 0. The van der Waals surface area contributed by atoms with Crippen molar-refractivity contribution in [3.8, 4) is 0 Å². The van der Waals surface area contributed by atoms with E-state index in [1.165, 1.54) is 0 Å². The van der Waals surface area contributed by atoms with Gasteiger partial charge in [0.05, 0.1) is 0 Å². The Balaban J connectivity index is -0.00000000750. The summed E-state index contributed by atoms with van der Waals surface area (Å²) in [6.45, 7) is 0. The number of hydrogen-bond acceptors (Lipinski definition) is 0. The summed E-state index contributed by atoms with van der Waals surface area (Å²) >= 11 is -1.92. The summed E-state index contributed by atoms with van der Waals surface area (Å²) in [5.74, 6) is 0. The minimum atomic E-state index is -1.92. The summed E-state index contributed by atoms with van der Waals surface area (Å²) in [5, 5.41) is 0. The average molecular weight is 371 g/mol. The van der Waals surface area contributed by atoms with Crippen LogP contribution >= 0.6 is 28.8 Å². The van der Waals surface area contributed by atoms with E-state index >= 15 is 0 Å². The maximum absolute atomic E-state index is 4.97. The van der Waals surface area contributed by atoms with E-state index in [4.69, 9.17) is 28.8 Å². The van der Waals surface area contributed by atoms with Crippen LogP contribution in [0.5, 0.6) is 0 Å². The molecular weight excluding hydrogens is 363 g/mol. The van der Waals surface area contributed by atoms with Crippen LogP contribution in [-0.2, 0) is 13.5 Å². The Labute approximate surface area is 64.1 Å². The summed E-state index contributed by atoms with van der Waals surface area (Å²) in [4.78, 5) is 0. The predicted octanol–water partition coefficient (Wildman–Crippen LogP) is -1.23. The zero-order chi connectivity index (χ0) is 3.58. The zero-order valence-electron chi connectivity index (χ0n) is 3.47. The molecule has 0 aliphatic heterocycles. The second-order valence-electron chi connectivity index (χ2n) is 0.143. The molecule has 4 nitrogen and oxygen atoms in total. The van der Waals surface area contributed by atoms with Crippen LogP contribution in [0.1, 0.15) is 0 Å². The van der Waals surface area contributed by atoms with Crippen LogP contribution in [0.3, 0.4) is 0 Å². The van der Waals surface area contributed by atoms with Crippen LogP contribution in [0.15, 0.2) is 0 Å². The third kappa shape index (κ3) is 161. The molecule has 0 aromatic carbocycles. The predicted molar refractivity (Wildman–Crippen MR) is 32.0 cm³/mol. The van der Waals surface area contributed by atoms with Gasteiger partial charge >= 0.3 is 42.2 Å². The third-order valence-electron chi connectivity index (χ3n) is 0. The molecule has 0 amide bonds. The van der Waals surface area contributed by atoms with Gasteiger partial charge in [-0.1, -0.05) is 0 Å². The van der Waals surface area contributed by atoms with Crippen molar-refractivity contribution < 1.29 is 35.4 Å². The Morgan fingerprint density at radius 2 is 0.625 bits per heavy atom. The van der Waals surface area contributed by atoms with E-state index in [9.17, 15) is 0 Å². The zero-order valence-corrected chi connectivity index (χ0v) is 8.13. The number of rotatable bonds is 0. The van der Waals surface area contributed by atoms with Crippen molar-refractivity contribution in [1.82, 2.24) is 0 Å². The van der Waals surface area contributed by atoms with Gasteiger partial charge in [-0.05, 0) is 0 Å². The second kappa shape index (κ2) is 23.8. The summed E-state index contributed by atoms with van der Waals surface area (Å²) in [7, 11) is 14.9. The monoisotopic (exact) mass is 370 g/mol. The molecule has 0 atom stereocenters. The van der Waals surface area contributed by atoms with Crippen LogP contribution in [0, 0.1) is 0 Å². The van der Waals surface area contributed by atoms with E-state index in [0.29, 0.717) is 0 Å². The molecule has 8 heteroatoms. The molecule has 62 valence electrons. The number of halogens is 3. The fourth-order valence-corrected chi connectivity index (χ4v) is 0. The molecule has 0 aliphatic carbocycles. The first-order valence-electron chi connectivity index (χ1n) is 0.378. The number of hydrogen-bond donors (Lipinski definition) is 0. The van der Waals surface area contributed by atoms with Gasteiger partial charge in [-0.3, -0.25) is 0 Å². The fraction of sp³-hybridized carbons (Fsp3) is 0. The standard InChI is InChI=1S/3ClH.Ir.4H2O/h3*1H;;4*1H2/q;;;+3;;;;/p-3. The van der Waals surface area contributed by atoms with Gasteiger partial charge in [-0.15, -0.1) is 0 Å². The van der Waals surface area contributed by atoms with Gasteiger partial charge < -0.3 is 21.9 Å². The van der Waals surface area contributed by atoms with Gasteiger partial charge in [0, 0.05) is 0 Å². The molecule has 0 bridgehead atoms. The molecule has 0 aromatic rings. The van der Waals surface area contributed by atoms with Crippen molar-refractivity contribution in [3.05, 3.63) is 0 Å². The fourth-order valence-electron chi connectivity index (χ4n) is 0. The molecule has 0 heterocycles. The van der Waals surface area contributed by atoms with E-state index in [1.807, 2.05) is 0 Å². The molecular formula is H8Cl3IrO4. The molecule has 0 aromatic heterocycles. The molecule has 8 heavy (non-hydrogen) atoms. The molecule has 8 N–H and O–H groups in total. The first-order chi connectivity index (χ1) is 1.73. The van der Waals surface area contributed by atoms with Crippen molar-refractivity contribution in [3.63, 3.8) is 0 Å². The molecule has 0 fully saturated rings. The quantitative estimate of drug-likeness (QED) is 0.506. The Hall–Kier alpha value is 1.36. The summed E-state index contributed by atoms with van der Waals surface area (Å²) < 4.78 is 0. The van der Waals surface area contributed by atoms with E-state index in [0.717, 1.165) is 0 Å². The van der Waals surface area contributed by atoms with Crippen molar-refractivity contribution in [1.29, 1.82) is 0 Å². The van der Waals surface area contributed by atoms with Gasteiger partial charge in [0.15, 0.2) is 0 Å². The van der Waals surface area contributed by atoms with Crippen LogP contribution < -0.4 is 0 Å². The summed E-state index contributed by atoms with van der Waals surface area (Å²) in [6.07, 6.45) is 0. The van der Waals surface area contributed by atoms with E-state index in [2.05, 4.69) is 0 Å². The SMILES string of the molecule is O.O.O.O.[Cl][Ir]([Cl])[Cl]. The maximum atomic E-state index is 4.97. The molecule has 0 unspecified atom stereocenters. The summed E-state index contributed by atoms with van der Waals surface area (Å²) in [6, 6.07) is 0. The van der Waals surface area contributed by atoms with Crippen molar-refractivity contribution in [2.24, 2.45) is 0 Å². The van der Waals surface area contributed by atoms with Crippen molar-refractivity contribution >= 4 is 28.8 Å². The van der Waals surface area contributed by atoms with E-state index in [1.54, 1.807) is 0 Å². The van der Waals surface area contributed by atoms with E-state index in [-0.39, 0.29) is 21.9 Å². The molecule has 0 saturated heterocycles. The van der Waals surface area contributed by atoms with Gasteiger partial charge in [-0.2, -0.15) is 0 Å². The molecule has 0 rings (SSSR count). The van der Waals surface area contributed by atoms with Gasteiger partial charge in [0.2, 0.25) is 0 Å². The van der Waals surface area contributed by atoms with Gasteiger partial charge in [0.1, 0.15) is 0 Å². The normalized spacial score (nSPS) is 5.62. The molecule has 0 aliphatic rings. The Kier molecular flexibility index (Phi) is 102. The first-order valence-corrected chi connectivity index (χ1v) is 9.28. The average Bonchev–Trinajstić information content (AvgIpc) is 0.811. The molecule has 0 saturated carbocycles. The Morgan fingerprint density at radius 3 is 0.625 bits per heavy atom. The summed E-state index contributed by atoms with van der Waals surface area (Å²) in [5.41, 5.74) is 0. The topological polar surface area (TPSA) is 126 Å². The van der Waals surface area contributed by atoms with Crippen LogP contribution in [0.4, 0.5) is 0 Å².